The molecule has 1 fully saturated rings. The molecule has 6 nitrogen and oxygen atoms in total. The molecular formula is C9H18O6. The summed E-state index contributed by atoms with van der Waals surface area (Å²) in [7, 11) is 0. The summed E-state index contributed by atoms with van der Waals surface area (Å²) in [6.07, 6.45) is -8.81. The average Bonchev–Trinajstić information content (AvgIpc) is 2.18. The van der Waals surface area contributed by atoms with E-state index in [9.17, 15) is 25.5 Å². The summed E-state index contributed by atoms with van der Waals surface area (Å²) in [4.78, 5) is 0. The smallest absolute Gasteiger partial charge is 0.115 e. The normalized spacial score (nSPS) is 47.2. The Morgan fingerprint density at radius 1 is 0.733 bits per heavy atom. The molecule has 0 aromatic rings. The highest BCUT2D eigenvalue weighted by molar-refractivity contribution is 4.99. The average molecular weight is 222 g/mol. The van der Waals surface area contributed by atoms with Crippen LogP contribution in [0.4, 0.5) is 0 Å². The molecule has 0 saturated heterocycles. The fourth-order valence-corrected chi connectivity index (χ4v) is 1.67. The van der Waals surface area contributed by atoms with Gasteiger partial charge in [-0.1, -0.05) is 0 Å². The van der Waals surface area contributed by atoms with Gasteiger partial charge in [0.2, 0.25) is 0 Å². The summed E-state index contributed by atoms with van der Waals surface area (Å²) >= 11 is 0. The molecule has 15 heavy (non-hydrogen) atoms. The van der Waals surface area contributed by atoms with E-state index >= 15 is 0 Å². The van der Waals surface area contributed by atoms with Crippen molar-refractivity contribution in [2.75, 3.05) is 0 Å². The number of rotatable bonds is 2. The molecule has 1 aliphatic carbocycles. The number of hydrogen-bond acceptors (Lipinski definition) is 6. The van der Waals surface area contributed by atoms with Crippen LogP contribution in [0.1, 0.15) is 13.8 Å². The Morgan fingerprint density at radius 3 is 1.40 bits per heavy atom. The van der Waals surface area contributed by atoms with Crippen LogP contribution in [0.3, 0.4) is 0 Å². The van der Waals surface area contributed by atoms with Crippen LogP contribution >= 0.6 is 0 Å². The number of ether oxygens (including phenoxy) is 1. The van der Waals surface area contributed by atoms with Gasteiger partial charge in [0, 0.05) is 0 Å². The topological polar surface area (TPSA) is 110 Å². The maximum atomic E-state index is 9.54. The molecule has 0 bridgehead atoms. The molecule has 0 spiro atoms. The highest BCUT2D eigenvalue weighted by atomic mass is 16.5. The molecule has 0 heterocycles. The third-order valence-electron chi connectivity index (χ3n) is 2.50. The Hall–Kier alpha value is -0.240. The lowest BCUT2D eigenvalue weighted by atomic mass is 9.85. The van der Waals surface area contributed by atoms with Crippen molar-refractivity contribution in [2.24, 2.45) is 0 Å². The van der Waals surface area contributed by atoms with Crippen LogP contribution < -0.4 is 0 Å². The molecule has 4 unspecified atom stereocenters. The third kappa shape index (κ3) is 2.47. The molecule has 1 rings (SSSR count). The number of hydrogen-bond donors (Lipinski definition) is 5. The van der Waals surface area contributed by atoms with E-state index in [0.29, 0.717) is 0 Å². The Morgan fingerprint density at radius 2 is 1.07 bits per heavy atom. The van der Waals surface area contributed by atoms with Crippen LogP contribution in [0, 0.1) is 0 Å². The van der Waals surface area contributed by atoms with E-state index in [1.165, 1.54) is 0 Å². The standard InChI is InChI=1S/C9H18O6/c1-3(2)15-9-7(13)5(11)4(10)6(12)8(9)14/h3-14H,1-2H3/t4?,5-,6?,7?,8+,9?/m1/s1. The van der Waals surface area contributed by atoms with Crippen molar-refractivity contribution >= 4 is 0 Å². The molecule has 5 N–H and O–H groups in total. The maximum Gasteiger partial charge on any atom is 0.115 e. The zero-order chi connectivity index (χ0) is 11.7. The van der Waals surface area contributed by atoms with Crippen molar-refractivity contribution in [1.82, 2.24) is 0 Å². The van der Waals surface area contributed by atoms with Crippen LogP contribution in [0.25, 0.3) is 0 Å². The zero-order valence-corrected chi connectivity index (χ0v) is 8.69. The van der Waals surface area contributed by atoms with Gasteiger partial charge in [0.1, 0.15) is 36.6 Å². The zero-order valence-electron chi connectivity index (χ0n) is 8.69. The molecule has 6 atom stereocenters. The fraction of sp³-hybridized carbons (Fsp3) is 1.00. The van der Waals surface area contributed by atoms with E-state index in [2.05, 4.69) is 0 Å². The van der Waals surface area contributed by atoms with Crippen molar-refractivity contribution < 1.29 is 30.3 Å². The first-order valence-corrected chi connectivity index (χ1v) is 4.92. The Labute approximate surface area is 87.7 Å². The van der Waals surface area contributed by atoms with Crippen molar-refractivity contribution in [2.45, 2.75) is 56.6 Å². The number of aliphatic hydroxyl groups excluding tert-OH is 5. The van der Waals surface area contributed by atoms with Gasteiger partial charge in [-0.2, -0.15) is 0 Å². The number of aliphatic hydroxyl groups is 5. The van der Waals surface area contributed by atoms with Crippen molar-refractivity contribution in [3.05, 3.63) is 0 Å². The minimum atomic E-state index is -1.57. The van der Waals surface area contributed by atoms with Gasteiger partial charge < -0.3 is 30.3 Å². The van der Waals surface area contributed by atoms with E-state index < -0.39 is 36.6 Å². The molecule has 90 valence electrons. The fourth-order valence-electron chi connectivity index (χ4n) is 1.67. The van der Waals surface area contributed by atoms with Gasteiger partial charge in [-0.05, 0) is 13.8 Å². The predicted molar refractivity (Wildman–Crippen MR) is 50.0 cm³/mol. The summed E-state index contributed by atoms with van der Waals surface area (Å²) in [6, 6.07) is 0. The predicted octanol–water partition coefficient (Wildman–Crippen LogP) is -2.40. The maximum absolute atomic E-state index is 9.54. The van der Waals surface area contributed by atoms with E-state index in [4.69, 9.17) is 4.74 Å². The Kier molecular flexibility index (Phi) is 4.05. The first-order chi connectivity index (χ1) is 6.86. The van der Waals surface area contributed by atoms with Gasteiger partial charge >= 0.3 is 0 Å². The Balaban J connectivity index is 2.77. The second-order valence-corrected chi connectivity index (χ2v) is 4.10. The third-order valence-corrected chi connectivity index (χ3v) is 2.50. The summed E-state index contributed by atoms with van der Waals surface area (Å²) < 4.78 is 5.17. The molecule has 0 radical (unpaired) electrons. The van der Waals surface area contributed by atoms with Crippen LogP contribution in [0.15, 0.2) is 0 Å². The summed E-state index contributed by atoms with van der Waals surface area (Å²) in [6.45, 7) is 3.40. The Bertz CT molecular complexity index is 193. The van der Waals surface area contributed by atoms with E-state index in [1.807, 2.05) is 0 Å². The van der Waals surface area contributed by atoms with Crippen molar-refractivity contribution in [3.8, 4) is 0 Å². The molecule has 6 heteroatoms. The molecule has 0 amide bonds. The van der Waals surface area contributed by atoms with E-state index in [0.717, 1.165) is 0 Å². The quantitative estimate of drug-likeness (QED) is 0.356. The van der Waals surface area contributed by atoms with Gasteiger partial charge in [-0.3, -0.25) is 0 Å². The van der Waals surface area contributed by atoms with Crippen molar-refractivity contribution in [3.63, 3.8) is 0 Å². The van der Waals surface area contributed by atoms with Crippen LogP contribution in [0.2, 0.25) is 0 Å². The second kappa shape index (κ2) is 4.73. The SMILES string of the molecule is CC(C)OC1C(O)[C@H](O)C(O)C(O)[C@@H]1O. The minimum Gasteiger partial charge on any atom is -0.387 e. The summed E-state index contributed by atoms with van der Waals surface area (Å²) in [5, 5.41) is 47.1. The molecule has 1 saturated carbocycles. The van der Waals surface area contributed by atoms with Gasteiger partial charge in [0.05, 0.1) is 6.10 Å². The van der Waals surface area contributed by atoms with Crippen LogP contribution in [-0.4, -0.2) is 68.3 Å². The lowest BCUT2D eigenvalue weighted by Crippen LogP contribution is -2.64. The minimum absolute atomic E-state index is 0.269. The van der Waals surface area contributed by atoms with Crippen molar-refractivity contribution in [1.29, 1.82) is 0 Å². The summed E-state index contributed by atoms with van der Waals surface area (Å²) in [5.41, 5.74) is 0. The monoisotopic (exact) mass is 222 g/mol. The lowest BCUT2D eigenvalue weighted by Gasteiger charge is -2.42. The highest BCUT2D eigenvalue weighted by Crippen LogP contribution is 2.24. The molecule has 0 aromatic carbocycles. The molecular weight excluding hydrogens is 204 g/mol. The van der Waals surface area contributed by atoms with E-state index in [1.54, 1.807) is 13.8 Å². The second-order valence-electron chi connectivity index (χ2n) is 4.10. The molecule has 0 aromatic heterocycles. The lowest BCUT2D eigenvalue weighted by molar-refractivity contribution is -0.242. The van der Waals surface area contributed by atoms with Crippen LogP contribution in [-0.2, 0) is 4.74 Å². The van der Waals surface area contributed by atoms with Crippen LogP contribution in [0.5, 0.6) is 0 Å². The van der Waals surface area contributed by atoms with Gasteiger partial charge in [-0.15, -0.1) is 0 Å². The van der Waals surface area contributed by atoms with Gasteiger partial charge in [0.15, 0.2) is 0 Å². The first-order valence-electron chi connectivity index (χ1n) is 4.92. The highest BCUT2D eigenvalue weighted by Gasteiger charge is 2.49. The summed E-state index contributed by atoms with van der Waals surface area (Å²) in [5.74, 6) is 0. The van der Waals surface area contributed by atoms with E-state index in [-0.39, 0.29) is 6.10 Å². The molecule has 0 aliphatic heterocycles. The molecule has 1 aliphatic rings. The van der Waals surface area contributed by atoms with Gasteiger partial charge in [-0.25, -0.2) is 0 Å². The first kappa shape index (κ1) is 12.8. The largest absolute Gasteiger partial charge is 0.387 e. The van der Waals surface area contributed by atoms with Gasteiger partial charge in [0.25, 0.3) is 0 Å².